The van der Waals surface area contributed by atoms with Crippen molar-refractivity contribution in [1.82, 2.24) is 19.0 Å². The number of furan rings is 1. The van der Waals surface area contributed by atoms with Gasteiger partial charge in [-0.25, -0.2) is 4.98 Å². The van der Waals surface area contributed by atoms with E-state index in [-0.39, 0.29) is 11.9 Å². The third-order valence-electron chi connectivity index (χ3n) is 7.65. The van der Waals surface area contributed by atoms with E-state index in [1.54, 1.807) is 13.4 Å². The summed E-state index contributed by atoms with van der Waals surface area (Å²) in [6.45, 7) is 6.08. The Morgan fingerprint density at radius 3 is 2.76 bits per heavy atom. The molecule has 3 aromatic heterocycles. The standard InChI is InChI=1S/C27H32N4O3/c1-16-5-6-17(2)30(14-16)26(32)20-11-21-24(23(13-20)33-4)29(3)25(28-21)22-12-19-9-10-34-27(19)31(22)15-18-7-8-18/h9-13,16-18H,5-8,14-15H2,1-4H3. The number of imidazole rings is 1. The number of fused-ring (bicyclic) bond motifs is 2. The third kappa shape index (κ3) is 3.40. The van der Waals surface area contributed by atoms with Gasteiger partial charge in [0.1, 0.15) is 11.3 Å². The summed E-state index contributed by atoms with van der Waals surface area (Å²) in [5.41, 5.74) is 4.23. The average Bonchev–Trinajstić information content (AvgIpc) is 3.28. The zero-order valence-corrected chi connectivity index (χ0v) is 20.4. The number of hydrogen-bond acceptors (Lipinski definition) is 4. The minimum absolute atomic E-state index is 0.0566. The molecule has 2 unspecified atom stereocenters. The third-order valence-corrected chi connectivity index (χ3v) is 7.65. The van der Waals surface area contributed by atoms with Crippen molar-refractivity contribution in [1.29, 1.82) is 0 Å². The zero-order valence-electron chi connectivity index (χ0n) is 20.4. The fourth-order valence-corrected chi connectivity index (χ4v) is 5.46. The van der Waals surface area contributed by atoms with Crippen molar-refractivity contribution in [3.63, 3.8) is 0 Å². The summed E-state index contributed by atoms with van der Waals surface area (Å²) >= 11 is 0. The smallest absolute Gasteiger partial charge is 0.254 e. The molecule has 1 aliphatic carbocycles. The molecule has 1 saturated heterocycles. The number of carbonyl (C=O) groups is 1. The summed E-state index contributed by atoms with van der Waals surface area (Å²) in [4.78, 5) is 20.5. The molecule has 1 amide bonds. The first kappa shape index (κ1) is 21.3. The minimum Gasteiger partial charge on any atom is -0.494 e. The summed E-state index contributed by atoms with van der Waals surface area (Å²) < 4.78 is 15.9. The maximum Gasteiger partial charge on any atom is 0.254 e. The molecule has 2 aliphatic rings. The fraction of sp³-hybridized carbons (Fsp3) is 0.481. The summed E-state index contributed by atoms with van der Waals surface area (Å²) in [5, 5.41) is 1.08. The minimum atomic E-state index is 0.0566. The van der Waals surface area contributed by atoms with Crippen LogP contribution in [0.1, 0.15) is 49.9 Å². The molecular weight excluding hydrogens is 428 g/mol. The Balaban J connectivity index is 1.46. The first-order valence-corrected chi connectivity index (χ1v) is 12.4. The molecule has 34 heavy (non-hydrogen) atoms. The highest BCUT2D eigenvalue weighted by atomic mass is 16.5. The SMILES string of the molecule is COc1cc(C(=O)N2CC(C)CCC2C)cc2nc(-c3cc4ccoc4n3CC3CC3)n(C)c12. The molecule has 2 fully saturated rings. The van der Waals surface area contributed by atoms with E-state index in [1.165, 1.54) is 19.3 Å². The van der Waals surface area contributed by atoms with E-state index in [9.17, 15) is 4.79 Å². The van der Waals surface area contributed by atoms with Crippen LogP contribution in [-0.2, 0) is 13.6 Å². The Morgan fingerprint density at radius 1 is 1.18 bits per heavy atom. The van der Waals surface area contributed by atoms with Crippen LogP contribution in [0, 0.1) is 11.8 Å². The van der Waals surface area contributed by atoms with Crippen molar-refractivity contribution in [2.45, 2.75) is 52.1 Å². The number of benzene rings is 1. The van der Waals surface area contributed by atoms with Gasteiger partial charge in [0.2, 0.25) is 5.71 Å². The second kappa shape index (κ2) is 7.93. The molecule has 2 atom stereocenters. The van der Waals surface area contributed by atoms with Gasteiger partial charge in [-0.05, 0) is 68.7 Å². The summed E-state index contributed by atoms with van der Waals surface area (Å²) in [6, 6.07) is 8.19. The van der Waals surface area contributed by atoms with Gasteiger partial charge in [-0.1, -0.05) is 6.92 Å². The molecule has 1 aliphatic heterocycles. The molecular formula is C27H32N4O3. The van der Waals surface area contributed by atoms with E-state index < -0.39 is 0 Å². The molecule has 7 heteroatoms. The number of ether oxygens (including phenoxy) is 1. The van der Waals surface area contributed by atoms with E-state index in [4.69, 9.17) is 14.1 Å². The maximum absolute atomic E-state index is 13.5. The van der Waals surface area contributed by atoms with Crippen LogP contribution in [0.25, 0.3) is 33.7 Å². The normalized spacial score (nSPS) is 21.0. The van der Waals surface area contributed by atoms with Gasteiger partial charge in [-0.15, -0.1) is 0 Å². The predicted molar refractivity (Wildman–Crippen MR) is 132 cm³/mol. The lowest BCUT2D eigenvalue weighted by Crippen LogP contribution is -2.44. The van der Waals surface area contributed by atoms with Crippen molar-refractivity contribution >= 4 is 28.0 Å². The van der Waals surface area contributed by atoms with Crippen LogP contribution in [-0.4, -0.2) is 44.6 Å². The van der Waals surface area contributed by atoms with Crippen LogP contribution in [0.3, 0.4) is 0 Å². The van der Waals surface area contributed by atoms with Crippen LogP contribution < -0.4 is 4.74 Å². The highest BCUT2D eigenvalue weighted by Gasteiger charge is 2.30. The molecule has 7 nitrogen and oxygen atoms in total. The van der Waals surface area contributed by atoms with Gasteiger partial charge in [0.25, 0.3) is 5.91 Å². The lowest BCUT2D eigenvalue weighted by molar-refractivity contribution is 0.0574. The molecule has 4 heterocycles. The monoisotopic (exact) mass is 460 g/mol. The van der Waals surface area contributed by atoms with E-state index in [0.717, 1.165) is 53.2 Å². The number of methoxy groups -OCH3 is 1. The molecule has 6 rings (SSSR count). The van der Waals surface area contributed by atoms with Gasteiger partial charge in [-0.2, -0.15) is 0 Å². The molecule has 0 bridgehead atoms. The van der Waals surface area contributed by atoms with Gasteiger partial charge in [-0.3, -0.25) is 4.79 Å². The lowest BCUT2D eigenvalue weighted by Gasteiger charge is -2.37. The number of hydrogen-bond donors (Lipinski definition) is 0. The van der Waals surface area contributed by atoms with Crippen LogP contribution in [0.5, 0.6) is 5.75 Å². The van der Waals surface area contributed by atoms with Crippen LogP contribution in [0.2, 0.25) is 0 Å². The van der Waals surface area contributed by atoms with Crippen molar-refractivity contribution in [2.75, 3.05) is 13.7 Å². The largest absolute Gasteiger partial charge is 0.494 e. The van der Waals surface area contributed by atoms with E-state index in [2.05, 4.69) is 29.0 Å². The fourth-order valence-electron chi connectivity index (χ4n) is 5.46. The molecule has 1 aromatic carbocycles. The quantitative estimate of drug-likeness (QED) is 0.396. The molecule has 0 spiro atoms. The Hall–Kier alpha value is -3.22. The van der Waals surface area contributed by atoms with Crippen molar-refractivity contribution in [3.05, 3.63) is 36.1 Å². The summed E-state index contributed by atoms with van der Waals surface area (Å²) in [7, 11) is 3.67. The van der Waals surface area contributed by atoms with Gasteiger partial charge < -0.3 is 23.2 Å². The van der Waals surface area contributed by atoms with Crippen LogP contribution in [0.4, 0.5) is 0 Å². The molecule has 0 N–H and O–H groups in total. The number of nitrogens with zero attached hydrogens (tertiary/aromatic N) is 4. The Morgan fingerprint density at radius 2 is 2.00 bits per heavy atom. The molecule has 1 saturated carbocycles. The Bertz CT molecular complexity index is 1390. The molecule has 178 valence electrons. The number of carbonyl (C=O) groups excluding carboxylic acids is 1. The number of amides is 1. The second-order valence-corrected chi connectivity index (χ2v) is 10.3. The maximum atomic E-state index is 13.5. The number of piperidine rings is 1. The number of likely N-dealkylation sites (tertiary alicyclic amines) is 1. The van der Waals surface area contributed by atoms with E-state index in [0.29, 0.717) is 23.1 Å². The first-order chi connectivity index (χ1) is 16.4. The molecule has 0 radical (unpaired) electrons. The number of aromatic nitrogens is 3. The number of rotatable bonds is 5. The predicted octanol–water partition coefficient (Wildman–Crippen LogP) is 5.47. The van der Waals surface area contributed by atoms with Crippen molar-refractivity contribution in [3.8, 4) is 17.3 Å². The van der Waals surface area contributed by atoms with Gasteiger partial charge in [0.05, 0.1) is 24.6 Å². The Kier molecular flexibility index (Phi) is 4.97. The summed E-state index contributed by atoms with van der Waals surface area (Å²) in [6.07, 6.45) is 6.47. The highest BCUT2D eigenvalue weighted by Crippen LogP contribution is 2.38. The van der Waals surface area contributed by atoms with Crippen LogP contribution >= 0.6 is 0 Å². The summed E-state index contributed by atoms with van der Waals surface area (Å²) in [5.74, 6) is 2.79. The van der Waals surface area contributed by atoms with Gasteiger partial charge in [0.15, 0.2) is 5.82 Å². The highest BCUT2D eigenvalue weighted by molar-refractivity contribution is 6.00. The van der Waals surface area contributed by atoms with Crippen LogP contribution in [0.15, 0.2) is 34.9 Å². The Labute approximate surface area is 199 Å². The average molecular weight is 461 g/mol. The molecule has 4 aromatic rings. The van der Waals surface area contributed by atoms with E-state index in [1.807, 2.05) is 30.1 Å². The van der Waals surface area contributed by atoms with E-state index >= 15 is 0 Å². The van der Waals surface area contributed by atoms with Crippen molar-refractivity contribution < 1.29 is 13.9 Å². The first-order valence-electron chi connectivity index (χ1n) is 12.4. The second-order valence-electron chi connectivity index (χ2n) is 10.3. The van der Waals surface area contributed by atoms with Crippen molar-refractivity contribution in [2.24, 2.45) is 18.9 Å². The topological polar surface area (TPSA) is 65.4 Å². The van der Waals surface area contributed by atoms with Gasteiger partial charge >= 0.3 is 0 Å². The number of aryl methyl sites for hydroxylation is 1. The lowest BCUT2D eigenvalue weighted by atomic mass is 9.94. The zero-order chi connectivity index (χ0) is 23.6. The van der Waals surface area contributed by atoms with Gasteiger partial charge in [0, 0.05) is 37.1 Å².